The molecule has 2 aromatic rings. The molecular weight excluding hydrogens is 372 g/mol. The van der Waals surface area contributed by atoms with E-state index in [2.05, 4.69) is 9.88 Å². The summed E-state index contributed by atoms with van der Waals surface area (Å²) < 4.78 is 10.7. The molecule has 29 heavy (non-hydrogen) atoms. The molecule has 4 heterocycles. The highest BCUT2D eigenvalue weighted by molar-refractivity contribution is 5.95. The maximum absolute atomic E-state index is 13.3. The summed E-state index contributed by atoms with van der Waals surface area (Å²) in [5.74, 6) is 0.855. The van der Waals surface area contributed by atoms with Crippen molar-refractivity contribution in [1.29, 1.82) is 0 Å². The average Bonchev–Trinajstić information content (AvgIpc) is 3.33. The number of hydrogen-bond donors (Lipinski definition) is 0. The second-order valence-electron chi connectivity index (χ2n) is 7.35. The second-order valence-corrected chi connectivity index (χ2v) is 7.35. The minimum Gasteiger partial charge on any atom is -0.493 e. The Morgan fingerprint density at radius 1 is 1.14 bits per heavy atom. The third-order valence-corrected chi connectivity index (χ3v) is 5.70. The first-order valence-electron chi connectivity index (χ1n) is 10.0. The van der Waals surface area contributed by atoms with E-state index in [-0.39, 0.29) is 11.8 Å². The van der Waals surface area contributed by atoms with E-state index in [0.29, 0.717) is 44.9 Å². The second kappa shape index (κ2) is 8.55. The number of carbonyl (C=O) groups excluding carboxylic acids is 2. The standard InChI is InChI=1S/C21H26N4O4/c1-28-19-15-22-8-7-16(19)23-10-12-24(13-11-23)20(26)17-5-2-3-9-25(17)21(27)18-6-4-14-29-18/h4,6-8,14-15,17H,2-3,5,9-13H2,1H3. The van der Waals surface area contributed by atoms with Gasteiger partial charge in [0.1, 0.15) is 6.04 Å². The molecule has 0 radical (unpaired) electrons. The van der Waals surface area contributed by atoms with E-state index >= 15 is 0 Å². The third-order valence-electron chi connectivity index (χ3n) is 5.70. The molecule has 0 aliphatic carbocycles. The SMILES string of the molecule is COc1cnccc1N1CCN(C(=O)C2CCCCN2C(=O)c2ccco2)CC1. The maximum Gasteiger partial charge on any atom is 0.290 e. The third kappa shape index (κ3) is 3.92. The van der Waals surface area contributed by atoms with Crippen LogP contribution in [0.25, 0.3) is 0 Å². The fraction of sp³-hybridized carbons (Fsp3) is 0.476. The minimum atomic E-state index is -0.414. The molecule has 0 spiro atoms. The van der Waals surface area contributed by atoms with Crippen molar-refractivity contribution in [3.05, 3.63) is 42.6 Å². The number of amides is 2. The summed E-state index contributed by atoms with van der Waals surface area (Å²) >= 11 is 0. The molecule has 2 amide bonds. The summed E-state index contributed by atoms with van der Waals surface area (Å²) in [5, 5.41) is 0. The fourth-order valence-corrected chi connectivity index (χ4v) is 4.14. The number of pyridine rings is 1. The van der Waals surface area contributed by atoms with Gasteiger partial charge in [0.05, 0.1) is 25.3 Å². The Kier molecular flexibility index (Phi) is 5.69. The van der Waals surface area contributed by atoms with E-state index in [4.69, 9.17) is 9.15 Å². The summed E-state index contributed by atoms with van der Waals surface area (Å²) in [4.78, 5) is 35.9. The number of rotatable bonds is 4. The molecule has 0 N–H and O–H groups in total. The maximum atomic E-state index is 13.3. The van der Waals surface area contributed by atoms with E-state index in [1.165, 1.54) is 6.26 Å². The Hall–Kier alpha value is -3.03. The zero-order chi connectivity index (χ0) is 20.2. The lowest BCUT2D eigenvalue weighted by Gasteiger charge is -2.41. The molecule has 8 heteroatoms. The Bertz CT molecular complexity index is 846. The molecule has 2 aliphatic rings. The molecule has 1 atom stereocenters. The molecule has 0 saturated carbocycles. The van der Waals surface area contributed by atoms with Crippen molar-refractivity contribution in [3.8, 4) is 5.75 Å². The summed E-state index contributed by atoms with van der Waals surface area (Å²) in [6.45, 7) is 3.24. The topological polar surface area (TPSA) is 79.1 Å². The fourth-order valence-electron chi connectivity index (χ4n) is 4.14. The van der Waals surface area contributed by atoms with Crippen LogP contribution >= 0.6 is 0 Å². The predicted octanol–water partition coefficient (Wildman–Crippen LogP) is 2.03. The summed E-state index contributed by atoms with van der Waals surface area (Å²) in [7, 11) is 1.63. The molecule has 2 aromatic heterocycles. The van der Waals surface area contributed by atoms with Gasteiger partial charge in [0.25, 0.3) is 5.91 Å². The lowest BCUT2D eigenvalue weighted by atomic mass is 10.00. The van der Waals surface area contributed by atoms with Gasteiger partial charge >= 0.3 is 0 Å². The van der Waals surface area contributed by atoms with Crippen LogP contribution in [-0.4, -0.2) is 72.5 Å². The van der Waals surface area contributed by atoms with Gasteiger partial charge in [0.15, 0.2) is 11.5 Å². The van der Waals surface area contributed by atoms with Crippen LogP contribution < -0.4 is 9.64 Å². The van der Waals surface area contributed by atoms with Gasteiger partial charge in [-0.1, -0.05) is 0 Å². The van der Waals surface area contributed by atoms with Crippen LogP contribution in [0.5, 0.6) is 5.75 Å². The highest BCUT2D eigenvalue weighted by Crippen LogP contribution is 2.28. The van der Waals surface area contributed by atoms with Gasteiger partial charge in [-0.15, -0.1) is 0 Å². The quantitative estimate of drug-likeness (QED) is 0.784. The van der Waals surface area contributed by atoms with Gasteiger partial charge in [-0.2, -0.15) is 0 Å². The number of likely N-dealkylation sites (tertiary alicyclic amines) is 1. The van der Waals surface area contributed by atoms with Crippen molar-refractivity contribution in [2.24, 2.45) is 0 Å². The van der Waals surface area contributed by atoms with Crippen molar-refractivity contribution >= 4 is 17.5 Å². The highest BCUT2D eigenvalue weighted by Gasteiger charge is 2.37. The normalized spacial score (nSPS) is 19.9. The molecule has 0 bridgehead atoms. The minimum absolute atomic E-state index is 0.0333. The summed E-state index contributed by atoms with van der Waals surface area (Å²) in [6, 6.07) is 4.87. The Morgan fingerprint density at radius 3 is 2.69 bits per heavy atom. The first kappa shape index (κ1) is 19.3. The smallest absolute Gasteiger partial charge is 0.290 e. The van der Waals surface area contributed by atoms with E-state index in [1.54, 1.807) is 36.5 Å². The number of furan rings is 1. The Balaban J connectivity index is 1.42. The lowest BCUT2D eigenvalue weighted by Crippen LogP contribution is -2.57. The van der Waals surface area contributed by atoms with Crippen LogP contribution in [-0.2, 0) is 4.79 Å². The zero-order valence-electron chi connectivity index (χ0n) is 16.6. The number of nitrogens with zero attached hydrogens (tertiary/aromatic N) is 4. The number of hydrogen-bond acceptors (Lipinski definition) is 6. The number of piperidine rings is 1. The molecule has 1 unspecified atom stereocenters. The number of carbonyl (C=O) groups is 2. The molecular formula is C21H26N4O4. The monoisotopic (exact) mass is 398 g/mol. The molecule has 2 saturated heterocycles. The number of anilines is 1. The van der Waals surface area contributed by atoms with Crippen LogP contribution in [0.15, 0.2) is 41.3 Å². The Labute approximate surface area is 170 Å². The number of methoxy groups -OCH3 is 1. The molecule has 154 valence electrons. The molecule has 2 aliphatic heterocycles. The van der Waals surface area contributed by atoms with Crippen LogP contribution in [0.4, 0.5) is 5.69 Å². The summed E-state index contributed by atoms with van der Waals surface area (Å²) in [6.07, 6.45) is 7.49. The van der Waals surface area contributed by atoms with Crippen molar-refractivity contribution in [1.82, 2.24) is 14.8 Å². The molecule has 8 nitrogen and oxygen atoms in total. The number of aromatic nitrogens is 1. The van der Waals surface area contributed by atoms with E-state index in [0.717, 1.165) is 24.3 Å². The molecule has 4 rings (SSSR count). The van der Waals surface area contributed by atoms with Crippen LogP contribution in [0, 0.1) is 0 Å². The van der Waals surface area contributed by atoms with Gasteiger partial charge in [-0.3, -0.25) is 14.6 Å². The first-order chi connectivity index (χ1) is 14.2. The van der Waals surface area contributed by atoms with Crippen molar-refractivity contribution in [2.75, 3.05) is 44.7 Å². The number of piperazine rings is 1. The van der Waals surface area contributed by atoms with Crippen molar-refractivity contribution < 1.29 is 18.7 Å². The van der Waals surface area contributed by atoms with Crippen molar-refractivity contribution in [2.45, 2.75) is 25.3 Å². The van der Waals surface area contributed by atoms with Crippen LogP contribution in [0.2, 0.25) is 0 Å². The van der Waals surface area contributed by atoms with E-state index in [1.807, 2.05) is 11.0 Å². The zero-order valence-corrected chi connectivity index (χ0v) is 16.6. The summed E-state index contributed by atoms with van der Waals surface area (Å²) in [5.41, 5.74) is 0.988. The largest absolute Gasteiger partial charge is 0.493 e. The number of ether oxygens (including phenoxy) is 1. The van der Waals surface area contributed by atoms with Crippen LogP contribution in [0.3, 0.4) is 0 Å². The van der Waals surface area contributed by atoms with Gasteiger partial charge in [0.2, 0.25) is 5.91 Å². The van der Waals surface area contributed by atoms with Gasteiger partial charge in [-0.05, 0) is 37.5 Å². The van der Waals surface area contributed by atoms with Gasteiger partial charge in [0, 0.05) is 38.9 Å². The molecule has 2 fully saturated rings. The highest BCUT2D eigenvalue weighted by atomic mass is 16.5. The van der Waals surface area contributed by atoms with Gasteiger partial charge in [-0.25, -0.2) is 0 Å². The predicted molar refractivity (Wildman–Crippen MR) is 107 cm³/mol. The Morgan fingerprint density at radius 2 is 1.97 bits per heavy atom. The van der Waals surface area contributed by atoms with Crippen LogP contribution in [0.1, 0.15) is 29.8 Å². The van der Waals surface area contributed by atoms with Crippen molar-refractivity contribution in [3.63, 3.8) is 0 Å². The lowest BCUT2D eigenvalue weighted by molar-refractivity contribution is -0.137. The van der Waals surface area contributed by atoms with E-state index < -0.39 is 6.04 Å². The average molecular weight is 398 g/mol. The first-order valence-corrected chi connectivity index (χ1v) is 10.0. The molecule has 0 aromatic carbocycles. The van der Waals surface area contributed by atoms with E-state index in [9.17, 15) is 9.59 Å². The van der Waals surface area contributed by atoms with Gasteiger partial charge < -0.3 is 23.9 Å².